The fourth-order valence-corrected chi connectivity index (χ4v) is 4.37. The largest absolute Gasteiger partial charge is 0.467 e. The van der Waals surface area contributed by atoms with E-state index in [1.54, 1.807) is 42.6 Å². The Kier molecular flexibility index (Phi) is 5.47. The Morgan fingerprint density at radius 3 is 2.77 bits per heavy atom. The number of aromatic amines is 1. The topological polar surface area (TPSA) is 108 Å². The molecule has 1 saturated heterocycles. The van der Waals surface area contributed by atoms with Crippen molar-refractivity contribution in [2.24, 2.45) is 0 Å². The maximum absolute atomic E-state index is 12.2. The molecule has 1 amide bonds. The molecular weight excluding hydrogens is 356 g/mol. The molecule has 1 fully saturated rings. The number of furan rings is 1. The smallest absolute Gasteiger partial charge is 0.272 e. The Balaban J connectivity index is 1.56. The summed E-state index contributed by atoms with van der Waals surface area (Å²) < 4.78 is 31.2. The molecule has 2 aromatic heterocycles. The van der Waals surface area contributed by atoms with Crippen molar-refractivity contribution < 1.29 is 17.6 Å². The lowest BCUT2D eigenvalue weighted by molar-refractivity contribution is 0.0943. The summed E-state index contributed by atoms with van der Waals surface area (Å²) in [6, 6.07) is 5.30. The number of carbonyl (C=O) groups excluding carboxylic acids is 1. The molecule has 0 atom stereocenters. The Morgan fingerprint density at radius 1 is 1.42 bits per heavy atom. The van der Waals surface area contributed by atoms with Crippen LogP contribution in [0.3, 0.4) is 0 Å². The second-order valence-electron chi connectivity index (χ2n) is 6.74. The lowest BCUT2D eigenvalue weighted by Gasteiger charge is -2.31. The van der Waals surface area contributed by atoms with Crippen molar-refractivity contribution in [3.8, 4) is 0 Å². The summed E-state index contributed by atoms with van der Waals surface area (Å²) in [7, 11) is -3.21. The van der Waals surface area contributed by atoms with Gasteiger partial charge in [0.05, 0.1) is 18.1 Å². The van der Waals surface area contributed by atoms with Crippen LogP contribution in [0, 0.1) is 0 Å². The van der Waals surface area contributed by atoms with Gasteiger partial charge in [0, 0.05) is 24.7 Å². The molecule has 0 aromatic carbocycles. The van der Waals surface area contributed by atoms with E-state index >= 15 is 0 Å². The van der Waals surface area contributed by atoms with Gasteiger partial charge in [-0.15, -0.1) is 0 Å². The second-order valence-corrected chi connectivity index (χ2v) is 9.23. The lowest BCUT2D eigenvalue weighted by atomic mass is 9.94. The van der Waals surface area contributed by atoms with Gasteiger partial charge in [0.15, 0.2) is 0 Å². The third-order valence-electron chi connectivity index (χ3n) is 4.68. The molecule has 0 radical (unpaired) electrons. The van der Waals surface area contributed by atoms with Gasteiger partial charge in [-0.3, -0.25) is 9.89 Å². The van der Waals surface area contributed by atoms with Crippen molar-refractivity contribution in [2.75, 3.05) is 13.1 Å². The third kappa shape index (κ3) is 3.99. The molecule has 0 spiro atoms. The lowest BCUT2D eigenvalue weighted by Crippen LogP contribution is -2.41. The van der Waals surface area contributed by atoms with Gasteiger partial charge in [0.25, 0.3) is 5.91 Å². The number of rotatable bonds is 6. The number of H-pyrrole nitrogens is 1. The zero-order valence-corrected chi connectivity index (χ0v) is 15.8. The number of amides is 1. The highest BCUT2D eigenvalue weighted by Gasteiger charge is 2.31. The molecule has 1 aliphatic rings. The van der Waals surface area contributed by atoms with Gasteiger partial charge in [0.1, 0.15) is 11.5 Å². The van der Waals surface area contributed by atoms with E-state index in [9.17, 15) is 13.2 Å². The Bertz CT molecular complexity index is 834. The zero-order chi connectivity index (χ0) is 18.7. The predicted octanol–water partition coefficient (Wildman–Crippen LogP) is 1.85. The minimum atomic E-state index is -3.21. The van der Waals surface area contributed by atoms with Crippen LogP contribution in [0.4, 0.5) is 0 Å². The minimum Gasteiger partial charge on any atom is -0.467 e. The van der Waals surface area contributed by atoms with Crippen molar-refractivity contribution in [1.82, 2.24) is 19.8 Å². The molecule has 0 unspecified atom stereocenters. The molecule has 9 heteroatoms. The van der Waals surface area contributed by atoms with Gasteiger partial charge in [-0.05, 0) is 44.9 Å². The van der Waals surface area contributed by atoms with Crippen molar-refractivity contribution >= 4 is 15.9 Å². The van der Waals surface area contributed by atoms with Crippen LogP contribution in [0.25, 0.3) is 0 Å². The van der Waals surface area contributed by atoms with Crippen molar-refractivity contribution in [3.63, 3.8) is 0 Å². The summed E-state index contributed by atoms with van der Waals surface area (Å²) >= 11 is 0. The summed E-state index contributed by atoms with van der Waals surface area (Å²) in [5, 5.41) is 9.36. The molecule has 142 valence electrons. The van der Waals surface area contributed by atoms with Crippen molar-refractivity contribution in [3.05, 3.63) is 41.6 Å². The molecule has 3 heterocycles. The highest BCUT2D eigenvalue weighted by molar-refractivity contribution is 7.89. The highest BCUT2D eigenvalue weighted by Crippen LogP contribution is 2.29. The van der Waals surface area contributed by atoms with E-state index < -0.39 is 15.3 Å². The summed E-state index contributed by atoms with van der Waals surface area (Å²) in [4.78, 5) is 12.2. The van der Waals surface area contributed by atoms with Gasteiger partial charge < -0.3 is 9.73 Å². The molecule has 8 nitrogen and oxygen atoms in total. The van der Waals surface area contributed by atoms with Gasteiger partial charge in [-0.2, -0.15) is 5.10 Å². The van der Waals surface area contributed by atoms with E-state index in [0.717, 1.165) is 5.69 Å². The zero-order valence-electron chi connectivity index (χ0n) is 14.9. The standard InChI is InChI=1S/C17H24N4O4S/c1-12(2)26(23,24)21-7-5-13(6-8-21)15-10-16(20-19-15)17(22)18-11-14-4-3-9-25-14/h3-4,9-10,12-13H,5-8,11H2,1-2H3,(H,18,22)(H,19,20). The van der Waals surface area contributed by atoms with Crippen LogP contribution in [0.5, 0.6) is 0 Å². The van der Waals surface area contributed by atoms with Gasteiger partial charge in [-0.25, -0.2) is 12.7 Å². The first-order valence-electron chi connectivity index (χ1n) is 8.72. The first-order chi connectivity index (χ1) is 12.4. The number of nitrogens with zero attached hydrogens (tertiary/aromatic N) is 2. The predicted molar refractivity (Wildman–Crippen MR) is 96.1 cm³/mol. The van der Waals surface area contributed by atoms with E-state index in [2.05, 4.69) is 15.5 Å². The average Bonchev–Trinajstić information content (AvgIpc) is 3.31. The molecular formula is C17H24N4O4S. The molecule has 0 aliphatic carbocycles. The monoisotopic (exact) mass is 380 g/mol. The number of sulfonamides is 1. The van der Waals surface area contributed by atoms with Crippen LogP contribution in [-0.2, 0) is 16.6 Å². The molecule has 1 aliphatic heterocycles. The third-order valence-corrected chi connectivity index (χ3v) is 6.96. The Labute approximate surface area is 153 Å². The fourth-order valence-electron chi connectivity index (χ4n) is 3.05. The summed E-state index contributed by atoms with van der Waals surface area (Å²) in [5.41, 5.74) is 1.19. The van der Waals surface area contributed by atoms with Crippen molar-refractivity contribution in [2.45, 2.75) is 44.4 Å². The maximum Gasteiger partial charge on any atom is 0.272 e. The first-order valence-corrected chi connectivity index (χ1v) is 10.2. The van der Waals surface area contributed by atoms with Gasteiger partial charge in [0.2, 0.25) is 10.0 Å². The quantitative estimate of drug-likeness (QED) is 0.795. The van der Waals surface area contributed by atoms with Crippen LogP contribution >= 0.6 is 0 Å². The van der Waals surface area contributed by atoms with E-state index in [1.165, 1.54) is 0 Å². The highest BCUT2D eigenvalue weighted by atomic mass is 32.2. The minimum absolute atomic E-state index is 0.174. The maximum atomic E-state index is 12.2. The van der Waals surface area contributed by atoms with Crippen molar-refractivity contribution in [1.29, 1.82) is 0 Å². The van der Waals surface area contributed by atoms with Crippen LogP contribution in [-0.4, -0.2) is 47.2 Å². The number of hydrogen-bond acceptors (Lipinski definition) is 5. The van der Waals surface area contributed by atoms with Crippen LogP contribution < -0.4 is 5.32 Å². The number of carbonyl (C=O) groups is 1. The first kappa shape index (κ1) is 18.7. The van der Waals surface area contributed by atoms with E-state index in [-0.39, 0.29) is 11.8 Å². The number of aromatic nitrogens is 2. The fraction of sp³-hybridized carbons (Fsp3) is 0.529. The van der Waals surface area contributed by atoms with E-state index in [0.29, 0.717) is 43.9 Å². The normalized spacial score (nSPS) is 16.9. The van der Waals surface area contributed by atoms with Crippen LogP contribution in [0.1, 0.15) is 54.5 Å². The average molecular weight is 380 g/mol. The molecule has 3 rings (SSSR count). The second kappa shape index (κ2) is 7.63. The van der Waals surface area contributed by atoms with Gasteiger partial charge >= 0.3 is 0 Å². The number of hydrogen-bond donors (Lipinski definition) is 2. The molecule has 0 bridgehead atoms. The number of nitrogens with one attached hydrogen (secondary N) is 2. The number of piperidine rings is 1. The molecule has 0 saturated carbocycles. The molecule has 26 heavy (non-hydrogen) atoms. The SMILES string of the molecule is CC(C)S(=O)(=O)N1CCC(c2cc(C(=O)NCc3ccco3)n[nH]2)CC1. The van der Waals surface area contributed by atoms with Crippen LogP contribution in [0.2, 0.25) is 0 Å². The summed E-state index contributed by atoms with van der Waals surface area (Å²) in [6.07, 6.45) is 2.98. The van der Waals surface area contributed by atoms with E-state index in [1.807, 2.05) is 0 Å². The molecule has 2 aromatic rings. The Hall–Kier alpha value is -2.13. The molecule has 2 N–H and O–H groups in total. The van der Waals surface area contributed by atoms with E-state index in [4.69, 9.17) is 4.42 Å². The summed E-state index contributed by atoms with van der Waals surface area (Å²) in [5.74, 6) is 0.573. The van der Waals surface area contributed by atoms with Gasteiger partial charge in [-0.1, -0.05) is 0 Å². The van der Waals surface area contributed by atoms with Crippen LogP contribution in [0.15, 0.2) is 28.9 Å². The summed E-state index contributed by atoms with van der Waals surface area (Å²) in [6.45, 7) is 4.68. The Morgan fingerprint density at radius 2 is 2.15 bits per heavy atom.